The minimum absolute atomic E-state index is 0.0252. The molecule has 0 aromatic carbocycles. The first-order chi connectivity index (χ1) is 11.5. The number of hydrogen-bond donors (Lipinski definition) is 2. The molecule has 0 spiro atoms. The summed E-state index contributed by atoms with van der Waals surface area (Å²) < 4.78 is 6.13. The lowest BCUT2D eigenvalue weighted by Crippen LogP contribution is -2.39. The van der Waals surface area contributed by atoms with Crippen molar-refractivity contribution in [2.45, 2.75) is 38.4 Å². The largest absolute Gasteiger partial charge is 0.379 e. The molecule has 0 radical (unpaired) electrons. The van der Waals surface area contributed by atoms with E-state index in [1.165, 1.54) is 6.42 Å². The third-order valence-corrected chi connectivity index (χ3v) is 5.87. The van der Waals surface area contributed by atoms with E-state index in [2.05, 4.69) is 43.4 Å². The van der Waals surface area contributed by atoms with E-state index in [0.29, 0.717) is 17.3 Å². The number of amides is 1. The molecule has 3 aliphatic rings. The Morgan fingerprint density at radius 2 is 2.25 bits per heavy atom. The van der Waals surface area contributed by atoms with E-state index in [9.17, 15) is 4.79 Å². The molecular weight excluding hydrogens is 372 g/mol. The third-order valence-electron chi connectivity index (χ3n) is 5.42. The van der Waals surface area contributed by atoms with Crippen molar-refractivity contribution < 1.29 is 9.53 Å². The summed E-state index contributed by atoms with van der Waals surface area (Å²) in [6.45, 7) is 6.37. The number of aromatic nitrogens is 1. The third kappa shape index (κ3) is 3.35. The van der Waals surface area contributed by atoms with Crippen molar-refractivity contribution >= 4 is 27.7 Å². The molecule has 1 aromatic rings. The molecule has 1 amide bonds. The monoisotopic (exact) mass is 394 g/mol. The molecule has 2 saturated heterocycles. The van der Waals surface area contributed by atoms with E-state index >= 15 is 0 Å². The molecule has 2 aliphatic heterocycles. The number of carbonyl (C=O) groups excluding carboxylic acids is 1. The Bertz CT molecular complexity index is 649. The van der Waals surface area contributed by atoms with Gasteiger partial charge in [-0.3, -0.25) is 9.69 Å². The van der Waals surface area contributed by atoms with Crippen LogP contribution in [0.1, 0.15) is 25.3 Å². The van der Waals surface area contributed by atoms with Gasteiger partial charge in [-0.05, 0) is 40.3 Å². The molecule has 3 heterocycles. The van der Waals surface area contributed by atoms with Crippen molar-refractivity contribution in [2.24, 2.45) is 5.41 Å². The highest BCUT2D eigenvalue weighted by Crippen LogP contribution is 2.53. The molecule has 3 fully saturated rings. The SMILES string of the molecule is C[C@]12CC1N[C@H](C(=O)Nc1nc(Br)ccc1CN1CCOCC1)C2. The number of nitrogens with zero attached hydrogens (tertiary/aromatic N) is 2. The predicted molar refractivity (Wildman–Crippen MR) is 94.7 cm³/mol. The smallest absolute Gasteiger partial charge is 0.242 e. The Kier molecular flexibility index (Phi) is 4.36. The second kappa shape index (κ2) is 6.37. The van der Waals surface area contributed by atoms with E-state index in [4.69, 9.17) is 4.74 Å². The summed E-state index contributed by atoms with van der Waals surface area (Å²) in [4.78, 5) is 19.4. The first-order valence-electron chi connectivity index (χ1n) is 8.56. The van der Waals surface area contributed by atoms with Gasteiger partial charge in [-0.15, -0.1) is 0 Å². The van der Waals surface area contributed by atoms with Gasteiger partial charge >= 0.3 is 0 Å². The van der Waals surface area contributed by atoms with E-state index < -0.39 is 0 Å². The second-order valence-electron chi connectivity index (χ2n) is 7.35. The number of rotatable bonds is 4. The summed E-state index contributed by atoms with van der Waals surface area (Å²) in [5, 5.41) is 6.47. The molecule has 24 heavy (non-hydrogen) atoms. The summed E-state index contributed by atoms with van der Waals surface area (Å²) in [6.07, 6.45) is 2.10. The number of ether oxygens (including phenoxy) is 1. The van der Waals surface area contributed by atoms with Gasteiger partial charge in [-0.2, -0.15) is 0 Å². The minimum atomic E-state index is -0.106. The fraction of sp³-hybridized carbons (Fsp3) is 0.647. The maximum Gasteiger partial charge on any atom is 0.242 e. The van der Waals surface area contributed by atoms with Crippen LogP contribution in [0.3, 0.4) is 0 Å². The van der Waals surface area contributed by atoms with Gasteiger partial charge in [0.25, 0.3) is 0 Å². The first-order valence-corrected chi connectivity index (χ1v) is 9.35. The molecule has 1 unspecified atom stereocenters. The fourth-order valence-electron chi connectivity index (χ4n) is 3.73. The number of halogens is 1. The van der Waals surface area contributed by atoms with Crippen LogP contribution in [0.5, 0.6) is 0 Å². The molecule has 1 saturated carbocycles. The van der Waals surface area contributed by atoms with Crippen molar-refractivity contribution in [3.8, 4) is 0 Å². The van der Waals surface area contributed by atoms with Crippen LogP contribution in [-0.2, 0) is 16.1 Å². The summed E-state index contributed by atoms with van der Waals surface area (Å²) in [7, 11) is 0. The number of carbonyl (C=O) groups is 1. The number of nitrogens with one attached hydrogen (secondary N) is 2. The first kappa shape index (κ1) is 16.4. The van der Waals surface area contributed by atoms with Crippen LogP contribution in [0.4, 0.5) is 5.82 Å². The van der Waals surface area contributed by atoms with Crippen LogP contribution in [-0.4, -0.2) is 54.2 Å². The zero-order chi connectivity index (χ0) is 16.7. The number of pyridine rings is 1. The topological polar surface area (TPSA) is 66.5 Å². The summed E-state index contributed by atoms with van der Waals surface area (Å²) in [5.74, 6) is 0.686. The van der Waals surface area contributed by atoms with E-state index in [-0.39, 0.29) is 11.9 Å². The van der Waals surface area contributed by atoms with Crippen molar-refractivity contribution in [3.63, 3.8) is 0 Å². The number of morpholine rings is 1. The highest BCUT2D eigenvalue weighted by Gasteiger charge is 2.58. The maximum absolute atomic E-state index is 12.6. The maximum atomic E-state index is 12.6. The van der Waals surface area contributed by atoms with Crippen LogP contribution in [0.25, 0.3) is 0 Å². The van der Waals surface area contributed by atoms with Crippen LogP contribution < -0.4 is 10.6 Å². The zero-order valence-corrected chi connectivity index (χ0v) is 15.4. The van der Waals surface area contributed by atoms with Crippen molar-refractivity contribution in [3.05, 3.63) is 22.3 Å². The normalized spacial score (nSPS) is 32.4. The number of piperidine rings is 1. The quantitative estimate of drug-likeness (QED) is 0.761. The van der Waals surface area contributed by atoms with Crippen LogP contribution >= 0.6 is 15.9 Å². The predicted octanol–water partition coefficient (Wildman–Crippen LogP) is 1.76. The number of fused-ring (bicyclic) bond motifs is 1. The molecular formula is C17H23BrN4O2. The Balaban J connectivity index is 1.45. The zero-order valence-electron chi connectivity index (χ0n) is 13.8. The molecule has 4 rings (SSSR count). The van der Waals surface area contributed by atoms with Gasteiger partial charge in [0.1, 0.15) is 10.4 Å². The lowest BCUT2D eigenvalue weighted by molar-refractivity contribution is -0.118. The highest BCUT2D eigenvalue weighted by atomic mass is 79.9. The molecule has 1 aromatic heterocycles. The van der Waals surface area contributed by atoms with Gasteiger partial charge in [0.05, 0.1) is 19.3 Å². The number of anilines is 1. The lowest BCUT2D eigenvalue weighted by atomic mass is 10.0. The Hall–Kier alpha value is -1.02. The number of hydrogen-bond acceptors (Lipinski definition) is 5. The van der Waals surface area contributed by atoms with Crippen LogP contribution in [0.2, 0.25) is 0 Å². The average Bonchev–Trinajstić information content (AvgIpc) is 3.08. The Morgan fingerprint density at radius 3 is 2.96 bits per heavy atom. The summed E-state index contributed by atoms with van der Waals surface area (Å²) in [6, 6.07) is 4.36. The molecule has 0 bridgehead atoms. The molecule has 3 atom stereocenters. The van der Waals surface area contributed by atoms with E-state index in [0.717, 1.165) is 49.4 Å². The second-order valence-corrected chi connectivity index (χ2v) is 8.17. The summed E-state index contributed by atoms with van der Waals surface area (Å²) in [5.41, 5.74) is 1.37. The molecule has 6 nitrogen and oxygen atoms in total. The molecule has 130 valence electrons. The van der Waals surface area contributed by atoms with Crippen molar-refractivity contribution in [1.82, 2.24) is 15.2 Å². The standard InChI is InChI=1S/C17H23BrN4O2/c1-17-8-12(19-13(17)9-17)16(23)21-15-11(2-3-14(18)20-15)10-22-4-6-24-7-5-22/h2-3,12-13,19H,4-10H2,1H3,(H,20,21,23)/t12-,13?,17-/m0/s1. The average molecular weight is 395 g/mol. The Morgan fingerprint density at radius 1 is 1.46 bits per heavy atom. The molecule has 2 N–H and O–H groups in total. The lowest BCUT2D eigenvalue weighted by Gasteiger charge is -2.27. The van der Waals surface area contributed by atoms with Crippen molar-refractivity contribution in [1.29, 1.82) is 0 Å². The summed E-state index contributed by atoms with van der Waals surface area (Å²) >= 11 is 3.41. The highest BCUT2D eigenvalue weighted by molar-refractivity contribution is 9.10. The molecule has 7 heteroatoms. The van der Waals surface area contributed by atoms with Crippen LogP contribution in [0.15, 0.2) is 16.7 Å². The van der Waals surface area contributed by atoms with Gasteiger partial charge in [-0.25, -0.2) is 4.98 Å². The van der Waals surface area contributed by atoms with E-state index in [1.54, 1.807) is 0 Å². The van der Waals surface area contributed by atoms with Crippen LogP contribution in [0, 0.1) is 5.41 Å². The van der Waals surface area contributed by atoms with Gasteiger partial charge in [0.15, 0.2) is 0 Å². The van der Waals surface area contributed by atoms with Gasteiger partial charge in [-0.1, -0.05) is 13.0 Å². The van der Waals surface area contributed by atoms with Gasteiger partial charge in [0, 0.05) is 31.2 Å². The van der Waals surface area contributed by atoms with Gasteiger partial charge in [0.2, 0.25) is 5.91 Å². The van der Waals surface area contributed by atoms with Crippen molar-refractivity contribution in [2.75, 3.05) is 31.6 Å². The molecule has 1 aliphatic carbocycles. The Labute approximate surface area is 150 Å². The fourth-order valence-corrected chi connectivity index (χ4v) is 4.04. The van der Waals surface area contributed by atoms with E-state index in [1.807, 2.05) is 12.1 Å². The minimum Gasteiger partial charge on any atom is -0.379 e. The van der Waals surface area contributed by atoms with Gasteiger partial charge < -0.3 is 15.4 Å².